The second-order valence-electron chi connectivity index (χ2n) is 7.91. The molecule has 0 bridgehead atoms. The summed E-state index contributed by atoms with van der Waals surface area (Å²) >= 11 is 12.3. The van der Waals surface area contributed by atoms with Gasteiger partial charge in [0.1, 0.15) is 11.3 Å². The molecule has 2 aromatic rings. The molecule has 1 atom stereocenters. The van der Waals surface area contributed by atoms with Crippen LogP contribution in [0.3, 0.4) is 0 Å². The molecule has 6 heteroatoms. The standard InChI is InChI=1S/C23H26Cl2N2O2/c1-29-20-6-4-5-17-9-10-26-23(22(17)20,15-27-11-2-3-12-27)21(28)14-16-7-8-18(24)19(25)13-16/h4-8,13,26H,2-3,9-12,14-15H2,1H3. The fourth-order valence-electron chi connectivity index (χ4n) is 4.66. The van der Waals surface area contributed by atoms with Crippen molar-refractivity contribution < 1.29 is 9.53 Å². The van der Waals surface area contributed by atoms with Crippen LogP contribution in [0.2, 0.25) is 10.0 Å². The van der Waals surface area contributed by atoms with Crippen molar-refractivity contribution in [3.63, 3.8) is 0 Å². The summed E-state index contributed by atoms with van der Waals surface area (Å²) in [6.07, 6.45) is 3.52. The van der Waals surface area contributed by atoms with Crippen LogP contribution in [0.25, 0.3) is 0 Å². The number of carbonyl (C=O) groups is 1. The number of Topliss-reactive ketones (excluding diaryl/α,β-unsaturated/α-hetero) is 1. The van der Waals surface area contributed by atoms with Gasteiger partial charge in [0.2, 0.25) is 0 Å². The average Bonchev–Trinajstić information content (AvgIpc) is 3.23. The minimum absolute atomic E-state index is 0.133. The van der Waals surface area contributed by atoms with Crippen LogP contribution in [-0.2, 0) is 23.2 Å². The highest BCUT2D eigenvalue weighted by Crippen LogP contribution is 2.39. The molecule has 29 heavy (non-hydrogen) atoms. The Balaban J connectivity index is 1.76. The van der Waals surface area contributed by atoms with Crippen LogP contribution in [0.15, 0.2) is 36.4 Å². The molecule has 4 rings (SSSR count). The summed E-state index contributed by atoms with van der Waals surface area (Å²) in [4.78, 5) is 16.3. The van der Waals surface area contributed by atoms with Crippen molar-refractivity contribution in [2.45, 2.75) is 31.2 Å². The number of carbonyl (C=O) groups excluding carboxylic acids is 1. The third-order valence-electron chi connectivity index (χ3n) is 6.06. The third-order valence-corrected chi connectivity index (χ3v) is 6.80. The molecule has 1 unspecified atom stereocenters. The van der Waals surface area contributed by atoms with E-state index in [9.17, 15) is 4.79 Å². The smallest absolute Gasteiger partial charge is 0.163 e. The summed E-state index contributed by atoms with van der Waals surface area (Å²) < 4.78 is 5.72. The van der Waals surface area contributed by atoms with Crippen molar-refractivity contribution in [2.24, 2.45) is 0 Å². The minimum Gasteiger partial charge on any atom is -0.496 e. The summed E-state index contributed by atoms with van der Waals surface area (Å²) in [5.41, 5.74) is 2.25. The van der Waals surface area contributed by atoms with Crippen LogP contribution < -0.4 is 10.1 Å². The number of fused-ring (bicyclic) bond motifs is 1. The molecule has 0 radical (unpaired) electrons. The summed E-state index contributed by atoms with van der Waals surface area (Å²) in [6, 6.07) is 11.5. The molecule has 2 aliphatic heterocycles. The number of nitrogens with zero attached hydrogens (tertiary/aromatic N) is 1. The van der Waals surface area contributed by atoms with Gasteiger partial charge in [-0.05, 0) is 61.7 Å². The predicted molar refractivity (Wildman–Crippen MR) is 117 cm³/mol. The van der Waals surface area contributed by atoms with Gasteiger partial charge in [0.05, 0.1) is 17.2 Å². The van der Waals surface area contributed by atoms with Crippen molar-refractivity contribution in [3.8, 4) is 5.75 Å². The van der Waals surface area contributed by atoms with Crippen molar-refractivity contribution in [1.82, 2.24) is 10.2 Å². The first-order chi connectivity index (χ1) is 14.0. The van der Waals surface area contributed by atoms with Crippen LogP contribution in [0.5, 0.6) is 5.75 Å². The van der Waals surface area contributed by atoms with Crippen LogP contribution in [-0.4, -0.2) is 44.0 Å². The SMILES string of the molecule is COc1cccc2c1C(CN1CCCC1)(C(=O)Cc1ccc(Cl)c(Cl)c1)NCC2. The molecule has 2 aliphatic rings. The summed E-state index contributed by atoms with van der Waals surface area (Å²) in [5.74, 6) is 0.907. The Labute approximate surface area is 182 Å². The van der Waals surface area contributed by atoms with Gasteiger partial charge >= 0.3 is 0 Å². The van der Waals surface area contributed by atoms with Crippen LogP contribution in [0, 0.1) is 0 Å². The molecule has 154 valence electrons. The van der Waals surface area contributed by atoms with Crippen LogP contribution in [0.1, 0.15) is 29.5 Å². The number of hydrogen-bond donors (Lipinski definition) is 1. The fraction of sp³-hybridized carbons (Fsp3) is 0.435. The van der Waals surface area contributed by atoms with Gasteiger partial charge in [-0.15, -0.1) is 0 Å². The second kappa shape index (κ2) is 8.65. The van der Waals surface area contributed by atoms with E-state index in [0.29, 0.717) is 16.6 Å². The maximum absolute atomic E-state index is 13.9. The highest BCUT2D eigenvalue weighted by molar-refractivity contribution is 6.42. The Bertz CT molecular complexity index is 897. The van der Waals surface area contributed by atoms with E-state index in [1.165, 1.54) is 18.4 Å². The lowest BCUT2D eigenvalue weighted by molar-refractivity contribution is -0.126. The van der Waals surface area contributed by atoms with E-state index in [4.69, 9.17) is 27.9 Å². The van der Waals surface area contributed by atoms with Gasteiger partial charge in [-0.2, -0.15) is 0 Å². The number of methoxy groups -OCH3 is 1. The second-order valence-corrected chi connectivity index (χ2v) is 8.72. The lowest BCUT2D eigenvalue weighted by Gasteiger charge is -2.42. The summed E-state index contributed by atoms with van der Waals surface area (Å²) in [6.45, 7) is 3.46. The van der Waals surface area contributed by atoms with Crippen molar-refractivity contribution in [3.05, 3.63) is 63.1 Å². The van der Waals surface area contributed by atoms with Crippen LogP contribution >= 0.6 is 23.2 Å². The number of hydrogen-bond acceptors (Lipinski definition) is 4. The molecule has 1 saturated heterocycles. The topological polar surface area (TPSA) is 41.6 Å². The van der Waals surface area contributed by atoms with Gasteiger partial charge in [0, 0.05) is 25.1 Å². The lowest BCUT2D eigenvalue weighted by atomic mass is 9.76. The summed E-state index contributed by atoms with van der Waals surface area (Å²) in [5, 5.41) is 4.58. The Morgan fingerprint density at radius 1 is 1.17 bits per heavy atom. The molecule has 0 amide bonds. The highest BCUT2D eigenvalue weighted by atomic mass is 35.5. The quantitative estimate of drug-likeness (QED) is 0.740. The molecular formula is C23H26Cl2N2O2. The zero-order valence-corrected chi connectivity index (χ0v) is 18.2. The largest absolute Gasteiger partial charge is 0.496 e. The number of ketones is 1. The maximum Gasteiger partial charge on any atom is 0.163 e. The number of rotatable bonds is 6. The molecule has 0 aliphatic carbocycles. The minimum atomic E-state index is -0.795. The molecule has 1 fully saturated rings. The molecule has 2 heterocycles. The number of likely N-dealkylation sites (tertiary alicyclic amines) is 1. The van der Waals surface area contributed by atoms with Gasteiger partial charge in [-0.3, -0.25) is 10.1 Å². The normalized spacial score (nSPS) is 21.8. The zero-order chi connectivity index (χ0) is 20.4. The first-order valence-electron chi connectivity index (χ1n) is 10.1. The average molecular weight is 433 g/mol. The Hall–Kier alpha value is -1.59. The van der Waals surface area contributed by atoms with E-state index in [2.05, 4.69) is 16.3 Å². The van der Waals surface area contributed by atoms with E-state index in [1.807, 2.05) is 18.2 Å². The molecule has 0 saturated carbocycles. The van der Waals surface area contributed by atoms with E-state index in [0.717, 1.165) is 42.9 Å². The van der Waals surface area contributed by atoms with Crippen molar-refractivity contribution in [1.29, 1.82) is 0 Å². The number of nitrogens with one attached hydrogen (secondary N) is 1. The first kappa shape index (κ1) is 20.7. The van der Waals surface area contributed by atoms with Crippen molar-refractivity contribution in [2.75, 3.05) is 33.3 Å². The van der Waals surface area contributed by atoms with E-state index >= 15 is 0 Å². The van der Waals surface area contributed by atoms with E-state index in [-0.39, 0.29) is 12.2 Å². The Morgan fingerprint density at radius 2 is 1.97 bits per heavy atom. The van der Waals surface area contributed by atoms with Gasteiger partial charge in [0.25, 0.3) is 0 Å². The van der Waals surface area contributed by atoms with Crippen molar-refractivity contribution >= 4 is 29.0 Å². The van der Waals surface area contributed by atoms with Gasteiger partial charge < -0.3 is 9.64 Å². The van der Waals surface area contributed by atoms with Crippen LogP contribution in [0.4, 0.5) is 0 Å². The zero-order valence-electron chi connectivity index (χ0n) is 16.6. The van der Waals surface area contributed by atoms with Gasteiger partial charge in [-0.25, -0.2) is 0 Å². The monoisotopic (exact) mass is 432 g/mol. The molecular weight excluding hydrogens is 407 g/mol. The summed E-state index contributed by atoms with van der Waals surface area (Å²) in [7, 11) is 1.67. The maximum atomic E-state index is 13.9. The number of halogens is 2. The number of ether oxygens (including phenoxy) is 1. The molecule has 0 spiro atoms. The fourth-order valence-corrected chi connectivity index (χ4v) is 4.98. The van der Waals surface area contributed by atoms with Gasteiger partial charge in [-0.1, -0.05) is 41.4 Å². The lowest BCUT2D eigenvalue weighted by Crippen LogP contribution is -2.59. The molecule has 1 N–H and O–H groups in total. The molecule has 2 aromatic carbocycles. The van der Waals surface area contributed by atoms with E-state index in [1.54, 1.807) is 19.2 Å². The molecule has 4 nitrogen and oxygen atoms in total. The highest BCUT2D eigenvalue weighted by Gasteiger charge is 2.46. The number of benzene rings is 2. The predicted octanol–water partition coefficient (Wildman–Crippen LogP) is 4.25. The Morgan fingerprint density at radius 3 is 2.69 bits per heavy atom. The Kier molecular flexibility index (Phi) is 6.16. The third kappa shape index (κ3) is 4.04. The first-order valence-corrected chi connectivity index (χ1v) is 10.9. The van der Waals surface area contributed by atoms with E-state index < -0.39 is 5.54 Å². The van der Waals surface area contributed by atoms with Gasteiger partial charge in [0.15, 0.2) is 5.78 Å². The molecule has 0 aromatic heterocycles.